The minimum Gasteiger partial charge on any atom is -0.236 e. The zero-order valence-corrected chi connectivity index (χ0v) is 8.42. The van der Waals surface area contributed by atoms with Gasteiger partial charge in [-0.2, -0.15) is 15.2 Å². The number of hydrogen-bond acceptors (Lipinski definition) is 5. The second kappa shape index (κ2) is 3.79. The number of aromatic nitrogens is 4. The van der Waals surface area contributed by atoms with Crippen LogP contribution < -0.4 is 0 Å². The van der Waals surface area contributed by atoms with Gasteiger partial charge in [0, 0.05) is 6.20 Å². The number of nitriles is 2. The Balaban J connectivity index is 2.61. The van der Waals surface area contributed by atoms with Crippen molar-refractivity contribution in [3.8, 4) is 18.0 Å². The van der Waals surface area contributed by atoms with E-state index in [-0.39, 0.29) is 5.82 Å². The van der Waals surface area contributed by atoms with Gasteiger partial charge >= 0.3 is 0 Å². The van der Waals surface area contributed by atoms with Crippen LogP contribution in [0.25, 0.3) is 5.82 Å². The predicted octanol–water partition coefficient (Wildman–Crippen LogP) is 0.714. The maximum atomic E-state index is 9.01. The van der Waals surface area contributed by atoms with Crippen molar-refractivity contribution in [3.05, 3.63) is 35.5 Å². The Labute approximate surface area is 91.4 Å². The molecule has 2 rings (SSSR count). The lowest BCUT2D eigenvalue weighted by Gasteiger charge is -2.03. The fourth-order valence-corrected chi connectivity index (χ4v) is 1.27. The van der Waals surface area contributed by atoms with Gasteiger partial charge in [-0.25, -0.2) is 9.97 Å². The maximum absolute atomic E-state index is 9.01. The van der Waals surface area contributed by atoms with Gasteiger partial charge in [-0.1, -0.05) is 0 Å². The minimum absolute atomic E-state index is 0.0483. The van der Waals surface area contributed by atoms with Gasteiger partial charge in [-0.15, -0.1) is 5.10 Å². The first-order valence-corrected chi connectivity index (χ1v) is 4.44. The second-order valence-corrected chi connectivity index (χ2v) is 3.06. The fraction of sp³-hybridized carbons (Fsp3) is 0.100. The third-order valence-corrected chi connectivity index (χ3v) is 2.06. The van der Waals surface area contributed by atoms with Crippen molar-refractivity contribution < 1.29 is 0 Å². The van der Waals surface area contributed by atoms with Crippen LogP contribution in [0.15, 0.2) is 18.6 Å². The van der Waals surface area contributed by atoms with E-state index in [0.717, 1.165) is 5.56 Å². The molecule has 0 fully saturated rings. The van der Waals surface area contributed by atoms with Gasteiger partial charge in [0.2, 0.25) is 0 Å². The lowest BCUT2D eigenvalue weighted by molar-refractivity contribution is 0.834. The van der Waals surface area contributed by atoms with Crippen molar-refractivity contribution in [1.29, 1.82) is 10.5 Å². The average Bonchev–Trinajstić information content (AvgIpc) is 2.77. The molecule has 0 unspecified atom stereocenters. The lowest BCUT2D eigenvalue weighted by Crippen LogP contribution is -2.03. The summed E-state index contributed by atoms with van der Waals surface area (Å²) in [4.78, 5) is 7.81. The fourth-order valence-electron chi connectivity index (χ4n) is 1.27. The lowest BCUT2D eigenvalue weighted by atomic mass is 10.1. The molecule has 2 aromatic rings. The number of nitrogens with zero attached hydrogens (tertiary/aromatic N) is 6. The predicted molar refractivity (Wildman–Crippen MR) is 53.3 cm³/mol. The Morgan fingerprint density at radius 2 is 2.06 bits per heavy atom. The molecule has 2 aromatic heterocycles. The first-order valence-electron chi connectivity index (χ1n) is 4.44. The molecule has 0 atom stereocenters. The maximum Gasteiger partial charge on any atom is 0.252 e. The number of pyridine rings is 1. The summed E-state index contributed by atoms with van der Waals surface area (Å²) < 4.78 is 1.32. The van der Waals surface area contributed by atoms with E-state index in [1.165, 1.54) is 11.0 Å². The van der Waals surface area contributed by atoms with Gasteiger partial charge in [-0.3, -0.25) is 0 Å². The molecule has 76 valence electrons. The third-order valence-electron chi connectivity index (χ3n) is 2.06. The topological polar surface area (TPSA) is 91.2 Å². The first kappa shape index (κ1) is 9.81. The summed E-state index contributed by atoms with van der Waals surface area (Å²) in [6.07, 6.45) is 2.94. The van der Waals surface area contributed by atoms with Crippen molar-refractivity contribution in [2.24, 2.45) is 0 Å². The van der Waals surface area contributed by atoms with E-state index in [1.54, 1.807) is 12.3 Å². The van der Waals surface area contributed by atoms with E-state index in [2.05, 4.69) is 21.1 Å². The Hall–Kier alpha value is -2.73. The second-order valence-electron chi connectivity index (χ2n) is 3.06. The van der Waals surface area contributed by atoms with Crippen LogP contribution in [-0.2, 0) is 0 Å². The number of aryl methyl sites for hydroxylation is 1. The molecule has 2 heterocycles. The van der Waals surface area contributed by atoms with Crippen LogP contribution in [0.4, 0.5) is 0 Å². The SMILES string of the molecule is Cc1ccnc(-n2cnc(C#N)n2)c1C#N. The highest BCUT2D eigenvalue weighted by Crippen LogP contribution is 2.13. The molecule has 16 heavy (non-hydrogen) atoms. The Morgan fingerprint density at radius 1 is 1.25 bits per heavy atom. The molecular formula is C10H6N6. The van der Waals surface area contributed by atoms with Gasteiger partial charge in [-0.05, 0) is 18.6 Å². The molecule has 0 aromatic carbocycles. The number of hydrogen-bond donors (Lipinski definition) is 0. The Bertz CT molecular complexity index is 613. The molecule has 0 amide bonds. The molecule has 0 N–H and O–H groups in total. The highest BCUT2D eigenvalue weighted by molar-refractivity contribution is 5.47. The highest BCUT2D eigenvalue weighted by atomic mass is 15.4. The summed E-state index contributed by atoms with van der Waals surface area (Å²) in [6.45, 7) is 1.81. The van der Waals surface area contributed by atoms with Gasteiger partial charge < -0.3 is 0 Å². The zero-order valence-electron chi connectivity index (χ0n) is 8.42. The van der Waals surface area contributed by atoms with Crippen LogP contribution in [0.2, 0.25) is 0 Å². The largest absolute Gasteiger partial charge is 0.252 e. The van der Waals surface area contributed by atoms with E-state index in [4.69, 9.17) is 10.5 Å². The van der Waals surface area contributed by atoms with Crippen molar-refractivity contribution in [2.75, 3.05) is 0 Å². The van der Waals surface area contributed by atoms with Crippen molar-refractivity contribution in [3.63, 3.8) is 0 Å². The molecule has 0 bridgehead atoms. The summed E-state index contributed by atoms with van der Waals surface area (Å²) >= 11 is 0. The monoisotopic (exact) mass is 210 g/mol. The Kier molecular flexibility index (Phi) is 2.33. The summed E-state index contributed by atoms with van der Waals surface area (Å²) in [6, 6.07) is 5.61. The van der Waals surface area contributed by atoms with E-state index in [0.29, 0.717) is 11.4 Å². The molecule has 0 aliphatic carbocycles. The zero-order chi connectivity index (χ0) is 11.5. The minimum atomic E-state index is 0.0483. The van der Waals surface area contributed by atoms with E-state index >= 15 is 0 Å². The average molecular weight is 210 g/mol. The quantitative estimate of drug-likeness (QED) is 0.691. The van der Waals surface area contributed by atoms with E-state index in [1.807, 2.05) is 13.0 Å². The Morgan fingerprint density at radius 3 is 2.69 bits per heavy atom. The molecule has 0 saturated heterocycles. The van der Waals surface area contributed by atoms with Crippen molar-refractivity contribution in [1.82, 2.24) is 19.7 Å². The molecule has 6 nitrogen and oxygen atoms in total. The van der Waals surface area contributed by atoms with E-state index in [9.17, 15) is 0 Å². The summed E-state index contributed by atoms with van der Waals surface area (Å²) in [5.41, 5.74) is 1.23. The van der Waals surface area contributed by atoms with Gasteiger partial charge in [0.1, 0.15) is 18.5 Å². The third kappa shape index (κ3) is 1.49. The summed E-state index contributed by atoms with van der Waals surface area (Å²) in [5.74, 6) is 0.434. The van der Waals surface area contributed by atoms with Crippen LogP contribution >= 0.6 is 0 Å². The molecular weight excluding hydrogens is 204 g/mol. The van der Waals surface area contributed by atoms with Crippen LogP contribution in [-0.4, -0.2) is 19.7 Å². The molecule has 6 heteroatoms. The van der Waals surface area contributed by atoms with Gasteiger partial charge in [0.15, 0.2) is 5.82 Å². The first-order chi connectivity index (χ1) is 7.76. The van der Waals surface area contributed by atoms with Crippen LogP contribution in [0.3, 0.4) is 0 Å². The number of rotatable bonds is 1. The standard InChI is InChI=1S/C10H6N6/c1-7-2-3-13-10(8(7)4-11)16-6-14-9(5-12)15-16/h2-3,6H,1H3. The van der Waals surface area contributed by atoms with Gasteiger partial charge in [0.25, 0.3) is 5.82 Å². The molecule has 0 aliphatic rings. The van der Waals surface area contributed by atoms with Crippen LogP contribution in [0.1, 0.15) is 17.0 Å². The van der Waals surface area contributed by atoms with Crippen molar-refractivity contribution >= 4 is 0 Å². The van der Waals surface area contributed by atoms with Crippen LogP contribution in [0, 0.1) is 29.6 Å². The van der Waals surface area contributed by atoms with Crippen LogP contribution in [0.5, 0.6) is 0 Å². The molecule has 0 radical (unpaired) electrons. The smallest absolute Gasteiger partial charge is 0.236 e. The highest BCUT2D eigenvalue weighted by Gasteiger charge is 2.10. The summed E-state index contributed by atoms with van der Waals surface area (Å²) in [5, 5.41) is 21.5. The van der Waals surface area contributed by atoms with Crippen molar-refractivity contribution in [2.45, 2.75) is 6.92 Å². The summed E-state index contributed by atoms with van der Waals surface area (Å²) in [7, 11) is 0. The van der Waals surface area contributed by atoms with E-state index < -0.39 is 0 Å². The molecule has 0 aliphatic heterocycles. The molecule has 0 spiro atoms. The molecule has 0 saturated carbocycles. The normalized spacial score (nSPS) is 9.44. The van der Waals surface area contributed by atoms with Gasteiger partial charge in [0.05, 0.1) is 5.56 Å².